The number of hydrogen-bond donors (Lipinski definition) is 2. The first-order chi connectivity index (χ1) is 19.5. The van der Waals surface area contributed by atoms with E-state index in [0.717, 1.165) is 27.1 Å². The molecule has 0 saturated carbocycles. The summed E-state index contributed by atoms with van der Waals surface area (Å²) in [6, 6.07) is 19.4. The van der Waals surface area contributed by atoms with Gasteiger partial charge in [-0.1, -0.05) is 83.1 Å². The second-order valence-electron chi connectivity index (χ2n) is 12.7. The van der Waals surface area contributed by atoms with Gasteiger partial charge in [-0.15, -0.1) is 0 Å². The van der Waals surface area contributed by atoms with Crippen molar-refractivity contribution < 1.29 is 34.2 Å². The monoisotopic (exact) mass is 558 g/mol. The highest BCUT2D eigenvalue weighted by molar-refractivity contribution is 6.11. The first kappa shape index (κ1) is 27.9. The molecule has 2 aliphatic rings. The summed E-state index contributed by atoms with van der Waals surface area (Å²) >= 11 is 0. The van der Waals surface area contributed by atoms with E-state index >= 15 is 0 Å². The van der Waals surface area contributed by atoms with E-state index in [1.54, 1.807) is 13.2 Å². The lowest BCUT2D eigenvalue weighted by molar-refractivity contribution is -0.626. The Morgan fingerprint density at radius 1 is 0.878 bits per heavy atom. The van der Waals surface area contributed by atoms with Gasteiger partial charge in [0, 0.05) is 40.2 Å². The summed E-state index contributed by atoms with van der Waals surface area (Å²) in [5.41, 5.74) is 1.38. The van der Waals surface area contributed by atoms with Crippen molar-refractivity contribution in [3.8, 4) is 22.6 Å². The molecule has 0 radical (unpaired) electrons. The number of phenols is 1. The summed E-state index contributed by atoms with van der Waals surface area (Å²) < 4.78 is 18.1. The van der Waals surface area contributed by atoms with Crippen LogP contribution in [0, 0.1) is 10.8 Å². The van der Waals surface area contributed by atoms with Gasteiger partial charge in [0.1, 0.15) is 18.1 Å². The van der Waals surface area contributed by atoms with E-state index in [0.29, 0.717) is 35.7 Å². The molecule has 2 aliphatic heterocycles. The Balaban J connectivity index is 1.66. The van der Waals surface area contributed by atoms with Crippen molar-refractivity contribution in [3.63, 3.8) is 0 Å². The van der Waals surface area contributed by atoms with Crippen molar-refractivity contribution >= 4 is 21.5 Å². The van der Waals surface area contributed by atoms with Crippen LogP contribution in [0.2, 0.25) is 0 Å². The molecule has 2 heterocycles. The average Bonchev–Trinajstić information content (AvgIpc) is 3.08. The lowest BCUT2D eigenvalue weighted by Gasteiger charge is -2.61. The summed E-state index contributed by atoms with van der Waals surface area (Å²) in [6.07, 6.45) is 0. The maximum atomic E-state index is 11.5. The van der Waals surface area contributed by atoms with Crippen LogP contribution < -0.4 is 4.74 Å². The zero-order valence-corrected chi connectivity index (χ0v) is 24.5. The molecule has 6 rings (SSSR count). The SMILES string of the molecule is COCCOc1c(CO)cc2ccccc2c1-c1c(O)ccc2c([C@@]34OCC(C)(C)[C@]3(C(C)(C)C)OO4)cccc12. The number of methoxy groups -OCH3 is 1. The van der Waals surface area contributed by atoms with E-state index in [9.17, 15) is 10.2 Å². The summed E-state index contributed by atoms with van der Waals surface area (Å²) in [5, 5.41) is 25.4. The predicted molar refractivity (Wildman–Crippen MR) is 158 cm³/mol. The fourth-order valence-electron chi connectivity index (χ4n) is 7.25. The molecule has 4 aromatic carbocycles. The molecule has 41 heavy (non-hydrogen) atoms. The molecule has 7 nitrogen and oxygen atoms in total. The van der Waals surface area contributed by atoms with Gasteiger partial charge in [-0.05, 0) is 33.7 Å². The van der Waals surface area contributed by atoms with Gasteiger partial charge in [-0.3, -0.25) is 0 Å². The number of aromatic hydroxyl groups is 1. The fraction of sp³-hybridized carbons (Fsp3) is 0.412. The molecule has 0 amide bonds. The largest absolute Gasteiger partial charge is 0.507 e. The van der Waals surface area contributed by atoms with Crippen LogP contribution in [0.25, 0.3) is 32.7 Å². The summed E-state index contributed by atoms with van der Waals surface area (Å²) in [7, 11) is 1.62. The van der Waals surface area contributed by atoms with Gasteiger partial charge in [0.25, 0.3) is 5.79 Å². The van der Waals surface area contributed by atoms with Crippen LogP contribution >= 0.6 is 0 Å². The summed E-state index contributed by atoms with van der Waals surface area (Å²) in [4.78, 5) is 12.1. The highest BCUT2D eigenvalue weighted by atomic mass is 17.3. The molecule has 0 unspecified atom stereocenters. The summed E-state index contributed by atoms with van der Waals surface area (Å²) in [5.74, 6) is -0.514. The van der Waals surface area contributed by atoms with E-state index < -0.39 is 11.4 Å². The minimum absolute atomic E-state index is 0.101. The van der Waals surface area contributed by atoms with Gasteiger partial charge in [-0.2, -0.15) is 4.89 Å². The molecule has 0 spiro atoms. The Kier molecular flexibility index (Phi) is 6.60. The van der Waals surface area contributed by atoms with Crippen LogP contribution in [0.1, 0.15) is 45.7 Å². The van der Waals surface area contributed by atoms with Gasteiger partial charge in [0.15, 0.2) is 5.60 Å². The molecule has 2 saturated heterocycles. The molecular weight excluding hydrogens is 520 g/mol. The standard InChI is InChI=1S/C34H38O7/c1-31(2,3)34-32(4,5)20-39-33(34,40-41-34)26-13-9-12-25-24(26)14-15-27(36)28(25)29-23-11-8-7-10-21(23)18-22(19-35)30(29)38-17-16-37-6/h7-15,18,35-36H,16-17,19-20H2,1-6H3/t33-,34-/m0/s1. The van der Waals surface area contributed by atoms with Crippen molar-refractivity contribution in [3.05, 3.63) is 71.8 Å². The first-order valence-electron chi connectivity index (χ1n) is 14.1. The molecule has 0 aromatic heterocycles. The smallest absolute Gasteiger partial charge is 0.262 e. The van der Waals surface area contributed by atoms with E-state index in [-0.39, 0.29) is 29.8 Å². The molecular formula is C34H38O7. The van der Waals surface area contributed by atoms with E-state index in [4.69, 9.17) is 24.0 Å². The number of fused-ring (bicyclic) bond motifs is 3. The molecule has 216 valence electrons. The zero-order valence-electron chi connectivity index (χ0n) is 24.5. The minimum atomic E-state index is -1.13. The molecule has 2 fully saturated rings. The number of ether oxygens (including phenoxy) is 3. The van der Waals surface area contributed by atoms with Gasteiger partial charge >= 0.3 is 0 Å². The zero-order chi connectivity index (χ0) is 29.2. The van der Waals surface area contributed by atoms with Crippen molar-refractivity contribution in [1.82, 2.24) is 0 Å². The van der Waals surface area contributed by atoms with Gasteiger partial charge in [-0.25, -0.2) is 4.89 Å². The third kappa shape index (κ3) is 3.76. The lowest BCUT2D eigenvalue weighted by atomic mass is 9.57. The maximum absolute atomic E-state index is 11.5. The quantitative estimate of drug-likeness (QED) is 0.190. The van der Waals surface area contributed by atoms with Gasteiger partial charge < -0.3 is 24.4 Å². The summed E-state index contributed by atoms with van der Waals surface area (Å²) in [6.45, 7) is 11.7. The molecule has 0 aliphatic carbocycles. The Morgan fingerprint density at radius 2 is 1.63 bits per heavy atom. The Hall–Kier alpha value is -3.20. The third-order valence-corrected chi connectivity index (χ3v) is 8.82. The van der Waals surface area contributed by atoms with Crippen molar-refractivity contribution in [1.29, 1.82) is 0 Å². The number of hydrogen-bond acceptors (Lipinski definition) is 7. The van der Waals surface area contributed by atoms with Crippen molar-refractivity contribution in [2.45, 2.75) is 52.6 Å². The number of aliphatic hydroxyl groups excluding tert-OH is 1. The normalized spacial score (nSPS) is 23.5. The second-order valence-corrected chi connectivity index (χ2v) is 12.7. The van der Waals surface area contributed by atoms with Crippen LogP contribution in [0.3, 0.4) is 0 Å². The van der Waals surface area contributed by atoms with Gasteiger partial charge in [0.2, 0.25) is 0 Å². The first-order valence-corrected chi connectivity index (χ1v) is 14.1. The topological polar surface area (TPSA) is 86.6 Å². The van der Waals surface area contributed by atoms with E-state index in [1.807, 2.05) is 54.6 Å². The van der Waals surface area contributed by atoms with Crippen LogP contribution in [0.4, 0.5) is 0 Å². The Morgan fingerprint density at radius 3 is 2.32 bits per heavy atom. The van der Waals surface area contributed by atoms with E-state index in [1.165, 1.54) is 0 Å². The molecule has 2 N–H and O–H groups in total. The number of phenolic OH excluding ortho intramolecular Hbond substituents is 1. The highest BCUT2D eigenvalue weighted by Gasteiger charge is 2.81. The van der Waals surface area contributed by atoms with Crippen LogP contribution in [-0.4, -0.2) is 42.7 Å². The van der Waals surface area contributed by atoms with Crippen molar-refractivity contribution in [2.75, 3.05) is 26.9 Å². The maximum Gasteiger partial charge on any atom is 0.262 e. The van der Waals surface area contributed by atoms with E-state index in [2.05, 4.69) is 34.6 Å². The number of benzene rings is 4. The molecule has 2 atom stereocenters. The average molecular weight is 559 g/mol. The lowest BCUT2D eigenvalue weighted by Crippen LogP contribution is -2.73. The van der Waals surface area contributed by atoms with Crippen LogP contribution in [0.5, 0.6) is 11.5 Å². The third-order valence-electron chi connectivity index (χ3n) is 8.82. The minimum Gasteiger partial charge on any atom is -0.507 e. The highest BCUT2D eigenvalue weighted by Crippen LogP contribution is 2.69. The molecule has 4 aromatic rings. The number of aliphatic hydroxyl groups is 1. The number of rotatable bonds is 7. The second kappa shape index (κ2) is 9.68. The Bertz CT molecular complexity index is 1640. The van der Waals surface area contributed by atoms with Crippen LogP contribution in [-0.2, 0) is 31.6 Å². The Labute approximate surface area is 240 Å². The molecule has 0 bridgehead atoms. The van der Waals surface area contributed by atoms with Crippen LogP contribution in [0.15, 0.2) is 60.7 Å². The predicted octanol–water partition coefficient (Wildman–Crippen LogP) is 6.84. The van der Waals surface area contributed by atoms with Crippen molar-refractivity contribution in [2.24, 2.45) is 10.8 Å². The molecule has 7 heteroatoms. The van der Waals surface area contributed by atoms with Gasteiger partial charge in [0.05, 0.1) is 19.8 Å². The fourth-order valence-corrected chi connectivity index (χ4v) is 7.25.